The zero-order valence-corrected chi connectivity index (χ0v) is 54.4. The molecule has 22 heteroatoms. The van der Waals surface area contributed by atoms with Gasteiger partial charge in [-0.2, -0.15) is 5.06 Å². The van der Waals surface area contributed by atoms with E-state index in [0.717, 1.165) is 30.7 Å². The fourth-order valence-corrected chi connectivity index (χ4v) is 15.9. The summed E-state index contributed by atoms with van der Waals surface area (Å²) in [6.07, 6.45) is 4.60. The smallest absolute Gasteiger partial charge is 0.342 e. The van der Waals surface area contributed by atoms with Crippen molar-refractivity contribution in [2.75, 3.05) is 28.9 Å². The van der Waals surface area contributed by atoms with Crippen molar-refractivity contribution in [3.8, 4) is 11.5 Å². The molecule has 12 rings (SSSR count). The summed E-state index contributed by atoms with van der Waals surface area (Å²) >= 11 is 0. The topological polar surface area (TPSA) is 270 Å². The highest BCUT2D eigenvalue weighted by molar-refractivity contribution is 6.25. The van der Waals surface area contributed by atoms with Gasteiger partial charge < -0.3 is 19.5 Å². The highest BCUT2D eigenvalue weighted by atomic mass is 16.7. The van der Waals surface area contributed by atoms with Crippen molar-refractivity contribution >= 4 is 100 Å². The second kappa shape index (κ2) is 25.9. The number of amides is 9. The number of hydroxylamine groups is 2. The number of hydrogen-bond donors (Lipinski definition) is 1. The molecule has 5 aromatic rings. The van der Waals surface area contributed by atoms with Gasteiger partial charge >= 0.3 is 17.9 Å². The van der Waals surface area contributed by atoms with Gasteiger partial charge in [0, 0.05) is 72.6 Å². The summed E-state index contributed by atoms with van der Waals surface area (Å²) in [5, 5.41) is 4.91. The highest BCUT2D eigenvalue weighted by Gasteiger charge is 2.64. The molecule has 7 aliphatic rings. The summed E-state index contributed by atoms with van der Waals surface area (Å²) in [5.41, 5.74) is 0.639. The number of piperidine rings is 5. The van der Waals surface area contributed by atoms with Gasteiger partial charge in [0.25, 0.3) is 5.91 Å². The number of anilines is 3. The predicted octanol–water partition coefficient (Wildman–Crippen LogP) is 8.49. The average Bonchev–Trinajstić information content (AvgIpc) is 1.55. The quantitative estimate of drug-likeness (QED) is 0.0395. The Hall–Kier alpha value is -10.1. The van der Waals surface area contributed by atoms with Crippen molar-refractivity contribution in [2.24, 2.45) is 47.3 Å². The number of fused-ring (bicyclic) bond motifs is 10. The molecular formula is C74H74N6O16. The molecule has 5 saturated heterocycles. The minimum Gasteiger partial charge on any atom is -0.466 e. The standard InChI is InChI=1S/C74H74N6O16/c1-40-27-47(33-51(28-40)94-62(84)26-22-42-15-11-9-12-16-42)77-59(81)37-53-55-35-57(64(53)71(77)91)69(89)79(68(55)88)49-31-45(30-48(32-49)78-60(82)36-52-54-34-56(63(52)70(78)90)67(87)76(7)66(54)86)65(85)75-46-38-73(3,4)80(74(5,6)39-46)96-58(29-41(2)44-17-13-10-14-18-44)72(92)95-50-23-19-43(20-24-50)21-25-61(83)93-8/h9-28,30-33,41,46,52-58,63-64H,29,34-39H2,1-8H3,(H,75,85)/b25-21+,26-22+. The molecule has 22 nitrogen and oxygen atoms in total. The number of nitrogens with zero attached hydrogens (tertiary/aromatic N) is 5. The van der Waals surface area contributed by atoms with E-state index in [1.807, 2.05) is 95.3 Å². The van der Waals surface area contributed by atoms with Crippen LogP contribution in [0.25, 0.3) is 12.2 Å². The maximum atomic E-state index is 15.3. The van der Waals surface area contributed by atoms with Crippen LogP contribution in [-0.4, -0.2) is 118 Å². The first kappa shape index (κ1) is 66.0. The van der Waals surface area contributed by atoms with Crippen molar-refractivity contribution in [3.05, 3.63) is 161 Å². The lowest BCUT2D eigenvalue weighted by Crippen LogP contribution is -2.65. The molecule has 1 N–H and O–H groups in total. The number of hydrogen-bond acceptors (Lipinski definition) is 17. The minimum absolute atomic E-state index is 0.0521. The Balaban J connectivity index is 0.826. The molecule has 2 aliphatic carbocycles. The van der Waals surface area contributed by atoms with Crippen molar-refractivity contribution in [1.82, 2.24) is 15.3 Å². The van der Waals surface area contributed by atoms with Crippen LogP contribution in [0.15, 0.2) is 133 Å². The Kier molecular flexibility index (Phi) is 17.8. The predicted molar refractivity (Wildman–Crippen MR) is 348 cm³/mol. The van der Waals surface area contributed by atoms with Crippen LogP contribution in [0.1, 0.15) is 118 Å². The van der Waals surface area contributed by atoms with Crippen molar-refractivity contribution < 1.29 is 76.6 Å². The van der Waals surface area contributed by atoms with Crippen LogP contribution in [0.2, 0.25) is 0 Å². The Morgan fingerprint density at radius 3 is 1.68 bits per heavy atom. The third-order valence-electron chi connectivity index (χ3n) is 20.0. The molecule has 5 heterocycles. The van der Waals surface area contributed by atoms with Gasteiger partial charge in [-0.05, 0) is 161 Å². The van der Waals surface area contributed by atoms with E-state index >= 15 is 19.2 Å². The van der Waals surface area contributed by atoms with E-state index in [1.54, 1.807) is 60.5 Å². The van der Waals surface area contributed by atoms with Gasteiger partial charge in [0.1, 0.15) is 11.5 Å². The minimum atomic E-state index is -1.17. The highest BCUT2D eigenvalue weighted by Crippen LogP contribution is 2.55. The first-order valence-electron chi connectivity index (χ1n) is 32.3. The number of aryl methyl sites for hydroxylation is 1. The van der Waals surface area contributed by atoms with Gasteiger partial charge in [0.05, 0.1) is 47.8 Å². The number of methoxy groups -OCH3 is 1. The number of esters is 3. The number of carbonyl (C=O) groups excluding carboxylic acids is 12. The molecule has 7 fully saturated rings. The number of likely N-dealkylation sites (tertiary alicyclic amines) is 1. The first-order valence-corrected chi connectivity index (χ1v) is 32.3. The van der Waals surface area contributed by atoms with Crippen molar-refractivity contribution in [1.29, 1.82) is 0 Å². The number of imide groups is 4. The number of benzene rings is 5. The first-order chi connectivity index (χ1) is 45.7. The normalized spacial score (nSPS) is 25.3. The van der Waals surface area contributed by atoms with Crippen LogP contribution in [0, 0.1) is 54.3 Å². The number of ether oxygens (including phenoxy) is 3. The lowest BCUT2D eigenvalue weighted by Gasteiger charge is -2.54. The second-order valence-corrected chi connectivity index (χ2v) is 27.5. The summed E-state index contributed by atoms with van der Waals surface area (Å²) in [6, 6.07) is 33.1. The van der Waals surface area contributed by atoms with Crippen LogP contribution >= 0.6 is 0 Å². The molecule has 5 aliphatic heterocycles. The van der Waals surface area contributed by atoms with Gasteiger partial charge in [0.15, 0.2) is 6.10 Å². The summed E-state index contributed by atoms with van der Waals surface area (Å²) < 4.78 is 16.3. The van der Waals surface area contributed by atoms with E-state index < -0.39 is 142 Å². The Labute approximate surface area is 554 Å². The van der Waals surface area contributed by atoms with Crippen LogP contribution in [-0.2, 0) is 62.3 Å². The zero-order valence-electron chi connectivity index (χ0n) is 54.4. The summed E-state index contributed by atoms with van der Waals surface area (Å²) in [5.74, 6) is -15.8. The van der Waals surface area contributed by atoms with Crippen LogP contribution in [0.4, 0.5) is 17.1 Å². The molecule has 0 aromatic heterocycles. The molecule has 10 atom stereocenters. The van der Waals surface area contributed by atoms with E-state index in [-0.39, 0.29) is 85.0 Å². The van der Waals surface area contributed by atoms with Gasteiger partial charge in [-0.15, -0.1) is 0 Å². The van der Waals surface area contributed by atoms with Gasteiger partial charge in [-0.1, -0.05) is 79.7 Å². The van der Waals surface area contributed by atoms with Gasteiger partial charge in [-0.25, -0.2) is 19.3 Å². The molecule has 496 valence electrons. The Morgan fingerprint density at radius 2 is 1.08 bits per heavy atom. The number of nitrogens with one attached hydrogen (secondary N) is 1. The van der Waals surface area contributed by atoms with Crippen LogP contribution < -0.4 is 29.5 Å². The molecule has 0 radical (unpaired) electrons. The fourth-order valence-electron chi connectivity index (χ4n) is 15.9. The van der Waals surface area contributed by atoms with Crippen molar-refractivity contribution in [2.45, 2.75) is 116 Å². The van der Waals surface area contributed by atoms with E-state index in [2.05, 4.69) is 5.32 Å². The molecule has 2 saturated carbocycles. The third kappa shape index (κ3) is 12.6. The van der Waals surface area contributed by atoms with Crippen LogP contribution in [0.5, 0.6) is 11.5 Å². The fraction of sp³-hybridized carbons (Fsp3) is 0.378. The maximum absolute atomic E-state index is 15.3. The van der Waals surface area contributed by atoms with E-state index in [4.69, 9.17) is 19.0 Å². The Bertz CT molecular complexity index is 4110. The van der Waals surface area contributed by atoms with Gasteiger partial charge in [-0.3, -0.25) is 62.7 Å². The molecule has 9 amide bonds. The summed E-state index contributed by atoms with van der Waals surface area (Å²) in [7, 11) is 2.62. The lowest BCUT2D eigenvalue weighted by atomic mass is 9.78. The molecule has 96 heavy (non-hydrogen) atoms. The Morgan fingerprint density at radius 1 is 0.573 bits per heavy atom. The summed E-state index contributed by atoms with van der Waals surface area (Å²) in [6.45, 7) is 11.3. The summed E-state index contributed by atoms with van der Waals surface area (Å²) in [4.78, 5) is 181. The molecule has 0 spiro atoms. The third-order valence-corrected chi connectivity index (χ3v) is 20.0. The van der Waals surface area contributed by atoms with Gasteiger partial charge in [0.2, 0.25) is 47.3 Å². The van der Waals surface area contributed by atoms with E-state index in [9.17, 15) is 38.4 Å². The van der Waals surface area contributed by atoms with E-state index in [1.165, 1.54) is 50.6 Å². The van der Waals surface area contributed by atoms with Crippen molar-refractivity contribution in [3.63, 3.8) is 0 Å². The molecule has 5 aromatic carbocycles. The molecule has 4 bridgehead atoms. The maximum Gasteiger partial charge on any atom is 0.342 e. The monoisotopic (exact) mass is 1300 g/mol. The zero-order chi connectivity index (χ0) is 68.4. The largest absolute Gasteiger partial charge is 0.466 e. The second-order valence-electron chi connectivity index (χ2n) is 27.5. The lowest BCUT2D eigenvalue weighted by molar-refractivity contribution is -0.304. The SMILES string of the molecule is COC(=O)/C=C/c1ccc(OC(=O)C(CC(C)c2ccccc2)ON2C(C)(C)CC(NC(=O)c3cc(N4C(=O)C5CC(C4=O)C4C(=O)N(c6cc(C)cc(OC(=O)/C=C/c7ccccc7)c6)C(=O)CC54)cc(N4C(=O)CC5C6CC(C(=O)N(C)C6=O)C5C4=O)c3)CC2(C)C)cc1. The molecular weight excluding hydrogens is 1230 g/mol. The average molecular weight is 1300 g/mol. The number of carbonyl (C=O) groups is 12. The van der Waals surface area contributed by atoms with Crippen LogP contribution in [0.3, 0.4) is 0 Å². The van der Waals surface area contributed by atoms with E-state index in [0.29, 0.717) is 11.1 Å². The molecule has 10 unspecified atom stereocenters. The number of rotatable bonds is 17.